The van der Waals surface area contributed by atoms with E-state index in [0.717, 1.165) is 32.8 Å². The highest BCUT2D eigenvalue weighted by molar-refractivity contribution is 7.92. The van der Waals surface area contributed by atoms with Crippen molar-refractivity contribution >= 4 is 21.6 Å². The molecule has 0 saturated heterocycles. The Hall–Kier alpha value is -2.34. The molecule has 26 heavy (non-hydrogen) atoms. The molecule has 6 heteroatoms. The summed E-state index contributed by atoms with van der Waals surface area (Å²) in [7, 11) is -3.58. The fourth-order valence-corrected chi connectivity index (χ4v) is 3.49. The molecule has 1 N–H and O–H groups in total. The second-order valence-electron chi connectivity index (χ2n) is 6.74. The fourth-order valence-electron chi connectivity index (χ4n) is 2.64. The zero-order chi connectivity index (χ0) is 19.5. The van der Waals surface area contributed by atoms with Crippen molar-refractivity contribution in [2.75, 3.05) is 17.1 Å². The van der Waals surface area contributed by atoms with E-state index in [1.165, 1.54) is 0 Å². The Bertz CT molecular complexity index is 890. The number of hydrogen-bond donors (Lipinski definition) is 1. The van der Waals surface area contributed by atoms with E-state index >= 15 is 0 Å². The van der Waals surface area contributed by atoms with Crippen molar-refractivity contribution in [2.45, 2.75) is 33.7 Å². The highest BCUT2D eigenvalue weighted by Crippen LogP contribution is 2.21. The summed E-state index contributed by atoms with van der Waals surface area (Å²) in [5.41, 5.74) is 4.66. The molecule has 0 aliphatic heterocycles. The van der Waals surface area contributed by atoms with Gasteiger partial charge < -0.3 is 5.32 Å². The average Bonchev–Trinajstić information content (AvgIpc) is 2.55. The van der Waals surface area contributed by atoms with Gasteiger partial charge in [-0.05, 0) is 56.5 Å². The summed E-state index contributed by atoms with van der Waals surface area (Å²) >= 11 is 0. The van der Waals surface area contributed by atoms with Gasteiger partial charge >= 0.3 is 0 Å². The molecule has 0 fully saturated rings. The number of anilines is 1. The molecule has 1 atom stereocenters. The van der Waals surface area contributed by atoms with Gasteiger partial charge in [-0.25, -0.2) is 8.42 Å². The van der Waals surface area contributed by atoms with Crippen LogP contribution in [0.1, 0.15) is 35.2 Å². The number of nitrogens with one attached hydrogen (secondary N) is 1. The molecule has 0 bridgehead atoms. The molecule has 140 valence electrons. The van der Waals surface area contributed by atoms with Crippen molar-refractivity contribution in [1.29, 1.82) is 0 Å². The molecule has 0 saturated carbocycles. The van der Waals surface area contributed by atoms with Gasteiger partial charge in [0.1, 0.15) is 6.54 Å². The second kappa shape index (κ2) is 7.91. The quantitative estimate of drug-likeness (QED) is 0.844. The van der Waals surface area contributed by atoms with E-state index in [1.807, 2.05) is 58.0 Å². The average molecular weight is 375 g/mol. The van der Waals surface area contributed by atoms with Crippen LogP contribution in [0, 0.1) is 20.8 Å². The number of hydrogen-bond acceptors (Lipinski definition) is 3. The van der Waals surface area contributed by atoms with Gasteiger partial charge in [-0.2, -0.15) is 0 Å². The Kier molecular flexibility index (Phi) is 6.08. The minimum absolute atomic E-state index is 0.204. The summed E-state index contributed by atoms with van der Waals surface area (Å²) in [6, 6.07) is 13.0. The maximum Gasteiger partial charge on any atom is 0.241 e. The van der Waals surface area contributed by atoms with Gasteiger partial charge in [-0.15, -0.1) is 0 Å². The van der Waals surface area contributed by atoms with E-state index in [1.54, 1.807) is 12.1 Å². The van der Waals surface area contributed by atoms with Crippen LogP contribution in [-0.4, -0.2) is 27.1 Å². The van der Waals surface area contributed by atoms with Gasteiger partial charge in [-0.1, -0.05) is 35.9 Å². The largest absolute Gasteiger partial charge is 0.348 e. The van der Waals surface area contributed by atoms with Gasteiger partial charge in [-0.3, -0.25) is 9.10 Å². The predicted octanol–water partition coefficient (Wildman–Crippen LogP) is 3.26. The number of amides is 1. The topological polar surface area (TPSA) is 66.5 Å². The molecule has 0 aliphatic carbocycles. The highest BCUT2D eigenvalue weighted by atomic mass is 32.2. The highest BCUT2D eigenvalue weighted by Gasteiger charge is 2.22. The van der Waals surface area contributed by atoms with Crippen molar-refractivity contribution in [3.05, 3.63) is 64.7 Å². The van der Waals surface area contributed by atoms with Crippen LogP contribution < -0.4 is 9.62 Å². The van der Waals surface area contributed by atoms with E-state index in [4.69, 9.17) is 0 Å². The summed E-state index contributed by atoms with van der Waals surface area (Å²) in [4.78, 5) is 12.5. The van der Waals surface area contributed by atoms with Gasteiger partial charge in [0.2, 0.25) is 15.9 Å². The molecule has 0 unspecified atom stereocenters. The summed E-state index contributed by atoms with van der Waals surface area (Å²) in [6.07, 6.45) is 1.11. The van der Waals surface area contributed by atoms with Crippen LogP contribution in [0.15, 0.2) is 42.5 Å². The molecule has 0 spiro atoms. The molecule has 5 nitrogen and oxygen atoms in total. The van der Waals surface area contributed by atoms with Crippen LogP contribution in [0.5, 0.6) is 0 Å². The van der Waals surface area contributed by atoms with Gasteiger partial charge in [0, 0.05) is 0 Å². The maximum atomic E-state index is 12.5. The third-order valence-corrected chi connectivity index (χ3v) is 5.56. The van der Waals surface area contributed by atoms with Crippen LogP contribution in [0.3, 0.4) is 0 Å². The molecule has 2 rings (SSSR count). The zero-order valence-electron chi connectivity index (χ0n) is 15.9. The van der Waals surface area contributed by atoms with E-state index in [2.05, 4.69) is 5.32 Å². The summed E-state index contributed by atoms with van der Waals surface area (Å²) in [6.45, 7) is 7.50. The van der Waals surface area contributed by atoms with Gasteiger partial charge in [0.15, 0.2) is 0 Å². The van der Waals surface area contributed by atoms with E-state index in [9.17, 15) is 13.2 Å². The van der Waals surface area contributed by atoms with Gasteiger partial charge in [0.05, 0.1) is 18.0 Å². The van der Waals surface area contributed by atoms with Crippen molar-refractivity contribution in [3.63, 3.8) is 0 Å². The first-order valence-corrected chi connectivity index (χ1v) is 10.3. The first-order valence-electron chi connectivity index (χ1n) is 8.49. The summed E-state index contributed by atoms with van der Waals surface area (Å²) in [5.74, 6) is -0.346. The predicted molar refractivity (Wildman–Crippen MR) is 106 cm³/mol. The molecular formula is C20H26N2O3S. The number of rotatable bonds is 6. The maximum absolute atomic E-state index is 12.5. The molecule has 0 radical (unpaired) electrons. The number of carbonyl (C=O) groups is 1. The van der Waals surface area contributed by atoms with Crippen LogP contribution in [0.2, 0.25) is 0 Å². The van der Waals surface area contributed by atoms with Crippen LogP contribution in [-0.2, 0) is 14.8 Å². The Balaban J connectivity index is 2.16. The zero-order valence-corrected chi connectivity index (χ0v) is 16.7. The minimum Gasteiger partial charge on any atom is -0.348 e. The SMILES string of the molecule is Cc1ccc([C@H](C)NC(=O)CN(c2ccc(C)c(C)c2)S(C)(=O)=O)cc1. The number of benzene rings is 2. The molecule has 0 heterocycles. The number of carbonyl (C=O) groups excluding carboxylic acids is 1. The number of sulfonamides is 1. The lowest BCUT2D eigenvalue weighted by atomic mass is 10.1. The van der Waals surface area contributed by atoms with Crippen molar-refractivity contribution in [2.24, 2.45) is 0 Å². The molecule has 0 aromatic heterocycles. The molecule has 1 amide bonds. The molecular weight excluding hydrogens is 348 g/mol. The van der Waals surface area contributed by atoms with Crippen molar-refractivity contribution in [3.8, 4) is 0 Å². The fraction of sp³-hybridized carbons (Fsp3) is 0.350. The Morgan fingerprint density at radius 2 is 1.65 bits per heavy atom. The van der Waals surface area contributed by atoms with Crippen molar-refractivity contribution in [1.82, 2.24) is 5.32 Å². The molecule has 2 aromatic rings. The van der Waals surface area contributed by atoms with Gasteiger partial charge in [0.25, 0.3) is 0 Å². The lowest BCUT2D eigenvalue weighted by Crippen LogP contribution is -2.41. The second-order valence-corrected chi connectivity index (χ2v) is 8.64. The Morgan fingerprint density at radius 3 is 2.19 bits per heavy atom. The first kappa shape index (κ1) is 20.0. The standard InChI is InChI=1S/C20H26N2O3S/c1-14-6-9-18(10-7-14)17(4)21-20(23)13-22(26(5,24)25)19-11-8-15(2)16(3)12-19/h6-12,17H,13H2,1-5H3,(H,21,23)/t17-/m0/s1. The Labute approximate surface area is 156 Å². The molecule has 2 aromatic carbocycles. The van der Waals surface area contributed by atoms with E-state index in [0.29, 0.717) is 5.69 Å². The van der Waals surface area contributed by atoms with E-state index < -0.39 is 10.0 Å². The van der Waals surface area contributed by atoms with Crippen molar-refractivity contribution < 1.29 is 13.2 Å². The van der Waals surface area contributed by atoms with Crippen LogP contribution >= 0.6 is 0 Å². The third kappa shape index (κ3) is 5.08. The van der Waals surface area contributed by atoms with Crippen LogP contribution in [0.25, 0.3) is 0 Å². The lowest BCUT2D eigenvalue weighted by molar-refractivity contribution is -0.120. The summed E-state index contributed by atoms with van der Waals surface area (Å²) < 4.78 is 25.5. The Morgan fingerprint density at radius 1 is 1.04 bits per heavy atom. The van der Waals surface area contributed by atoms with E-state index in [-0.39, 0.29) is 18.5 Å². The smallest absolute Gasteiger partial charge is 0.241 e. The number of aryl methyl sites for hydroxylation is 3. The lowest BCUT2D eigenvalue weighted by Gasteiger charge is -2.24. The third-order valence-electron chi connectivity index (χ3n) is 4.42. The summed E-state index contributed by atoms with van der Waals surface area (Å²) in [5, 5.41) is 2.87. The monoisotopic (exact) mass is 374 g/mol. The normalized spacial score (nSPS) is 12.5. The minimum atomic E-state index is -3.58. The molecule has 0 aliphatic rings. The number of nitrogens with zero attached hydrogens (tertiary/aromatic N) is 1. The van der Waals surface area contributed by atoms with Crippen LogP contribution in [0.4, 0.5) is 5.69 Å². The first-order chi connectivity index (χ1) is 12.1.